The summed E-state index contributed by atoms with van der Waals surface area (Å²) < 4.78 is 33.5. The van der Waals surface area contributed by atoms with Gasteiger partial charge in [-0.15, -0.1) is 5.10 Å². The topological polar surface area (TPSA) is 97.7 Å². The molecule has 1 aliphatic heterocycles. The van der Waals surface area contributed by atoms with Crippen molar-refractivity contribution in [3.8, 4) is 6.01 Å². The minimum atomic E-state index is -2.64. The summed E-state index contributed by atoms with van der Waals surface area (Å²) in [5.74, 6) is 1.09. The molecule has 3 aromatic heterocycles. The molecule has 190 valence electrons. The number of imidazole rings is 1. The van der Waals surface area contributed by atoms with Crippen molar-refractivity contribution in [3.63, 3.8) is 0 Å². The van der Waals surface area contributed by atoms with E-state index in [-0.39, 0.29) is 18.2 Å². The molecular weight excluding hydrogens is 454 g/mol. The molecule has 1 fully saturated rings. The van der Waals surface area contributed by atoms with E-state index >= 15 is 0 Å². The van der Waals surface area contributed by atoms with Gasteiger partial charge in [0.05, 0.1) is 11.9 Å². The van der Waals surface area contributed by atoms with Crippen LogP contribution >= 0.6 is 0 Å². The van der Waals surface area contributed by atoms with Crippen LogP contribution in [-0.4, -0.2) is 75.2 Å². The second-order valence-corrected chi connectivity index (χ2v) is 9.39. The summed E-state index contributed by atoms with van der Waals surface area (Å²) in [6.45, 7) is 5.86. The Kier molecular flexibility index (Phi) is 7.63. The highest BCUT2D eigenvalue weighted by Gasteiger charge is 2.24. The van der Waals surface area contributed by atoms with Gasteiger partial charge in [-0.1, -0.05) is 19.4 Å². The summed E-state index contributed by atoms with van der Waals surface area (Å²) in [6, 6.07) is 2.55. The minimum Gasteiger partial charge on any atom is -0.453 e. The monoisotopic (exact) mass is 488 g/mol. The van der Waals surface area contributed by atoms with Gasteiger partial charge in [-0.2, -0.15) is 4.98 Å². The fourth-order valence-electron chi connectivity index (χ4n) is 4.61. The number of alkyl halides is 2. The quantitative estimate of drug-likeness (QED) is 0.490. The van der Waals surface area contributed by atoms with Crippen molar-refractivity contribution in [2.24, 2.45) is 0 Å². The molecule has 4 heterocycles. The number of hydrogen-bond donors (Lipinski definition) is 1. The SMILES string of the molecule is CCC[C@H](Oc1nc(N)c2ncc(Cc3cnc(N4CCC(N(C)C)CC4)c(C)c3)n2n1)C(F)F. The molecule has 0 aliphatic carbocycles. The normalized spacial score (nSPS) is 15.9. The summed E-state index contributed by atoms with van der Waals surface area (Å²) in [5, 5.41) is 4.31. The van der Waals surface area contributed by atoms with Crippen LogP contribution in [0.3, 0.4) is 0 Å². The Labute approximate surface area is 204 Å². The highest BCUT2D eigenvalue weighted by Crippen LogP contribution is 2.25. The second kappa shape index (κ2) is 10.7. The third-order valence-corrected chi connectivity index (χ3v) is 6.54. The van der Waals surface area contributed by atoms with Gasteiger partial charge in [-0.05, 0) is 51.4 Å². The van der Waals surface area contributed by atoms with Crippen LogP contribution in [0.15, 0.2) is 18.5 Å². The number of nitrogen functional groups attached to an aromatic ring is 1. The average Bonchev–Trinajstić information content (AvgIpc) is 3.22. The van der Waals surface area contributed by atoms with Crippen molar-refractivity contribution in [2.75, 3.05) is 37.8 Å². The van der Waals surface area contributed by atoms with Gasteiger partial charge in [0, 0.05) is 31.7 Å². The number of fused-ring (bicyclic) bond motifs is 1. The molecular formula is C24H34F2N8O. The predicted molar refractivity (Wildman–Crippen MR) is 131 cm³/mol. The predicted octanol–water partition coefficient (Wildman–Crippen LogP) is 3.34. The Morgan fingerprint density at radius 2 is 1.94 bits per heavy atom. The molecule has 35 heavy (non-hydrogen) atoms. The number of nitrogens with zero attached hydrogens (tertiary/aromatic N) is 7. The van der Waals surface area contributed by atoms with Crippen molar-refractivity contribution in [1.82, 2.24) is 29.5 Å². The van der Waals surface area contributed by atoms with Crippen LogP contribution in [0.2, 0.25) is 0 Å². The fourth-order valence-corrected chi connectivity index (χ4v) is 4.61. The molecule has 9 nitrogen and oxygen atoms in total. The van der Waals surface area contributed by atoms with E-state index in [4.69, 9.17) is 15.5 Å². The zero-order valence-corrected chi connectivity index (χ0v) is 20.8. The molecule has 0 amide bonds. The van der Waals surface area contributed by atoms with Gasteiger partial charge in [0.1, 0.15) is 5.82 Å². The Hall–Kier alpha value is -3.08. The van der Waals surface area contributed by atoms with E-state index < -0.39 is 12.5 Å². The van der Waals surface area contributed by atoms with Gasteiger partial charge in [-0.25, -0.2) is 23.3 Å². The van der Waals surface area contributed by atoms with Gasteiger partial charge < -0.3 is 20.3 Å². The average molecular weight is 489 g/mol. The van der Waals surface area contributed by atoms with Crippen molar-refractivity contribution in [3.05, 3.63) is 35.3 Å². The summed E-state index contributed by atoms with van der Waals surface area (Å²) >= 11 is 0. The largest absolute Gasteiger partial charge is 0.453 e. The number of rotatable bonds is 9. The van der Waals surface area contributed by atoms with Gasteiger partial charge >= 0.3 is 6.01 Å². The first-order valence-corrected chi connectivity index (χ1v) is 12.1. The van der Waals surface area contributed by atoms with Crippen LogP contribution in [-0.2, 0) is 6.42 Å². The van der Waals surface area contributed by atoms with E-state index in [1.165, 1.54) is 4.52 Å². The van der Waals surface area contributed by atoms with Crippen molar-refractivity contribution in [2.45, 2.75) is 64.5 Å². The van der Waals surface area contributed by atoms with Crippen LogP contribution in [0.25, 0.3) is 5.65 Å². The van der Waals surface area contributed by atoms with E-state index in [0.29, 0.717) is 24.5 Å². The smallest absolute Gasteiger partial charge is 0.336 e. The van der Waals surface area contributed by atoms with Crippen LogP contribution in [0.1, 0.15) is 49.4 Å². The lowest BCUT2D eigenvalue weighted by Crippen LogP contribution is -2.42. The number of aryl methyl sites for hydroxylation is 1. The number of ether oxygens (including phenoxy) is 1. The Balaban J connectivity index is 1.52. The highest BCUT2D eigenvalue weighted by molar-refractivity contribution is 5.60. The van der Waals surface area contributed by atoms with E-state index in [1.807, 2.05) is 13.1 Å². The third kappa shape index (κ3) is 5.61. The molecule has 0 unspecified atom stereocenters. The first-order valence-electron chi connectivity index (χ1n) is 12.1. The van der Waals surface area contributed by atoms with Crippen LogP contribution in [0.5, 0.6) is 6.01 Å². The van der Waals surface area contributed by atoms with Gasteiger partial charge in [-0.3, -0.25) is 0 Å². The lowest BCUT2D eigenvalue weighted by atomic mass is 10.0. The molecule has 0 bridgehead atoms. The maximum absolute atomic E-state index is 13.3. The summed E-state index contributed by atoms with van der Waals surface area (Å²) in [4.78, 5) is 17.7. The minimum absolute atomic E-state index is 0.0801. The third-order valence-electron chi connectivity index (χ3n) is 6.54. The van der Waals surface area contributed by atoms with Crippen LogP contribution in [0, 0.1) is 6.92 Å². The second-order valence-electron chi connectivity index (χ2n) is 9.39. The molecule has 3 aromatic rings. The first kappa shape index (κ1) is 25.0. The Morgan fingerprint density at radius 3 is 2.57 bits per heavy atom. The molecule has 11 heteroatoms. The maximum Gasteiger partial charge on any atom is 0.336 e. The number of piperidine rings is 1. The van der Waals surface area contributed by atoms with Crippen LogP contribution < -0.4 is 15.4 Å². The molecule has 0 radical (unpaired) electrons. The zero-order chi connectivity index (χ0) is 25.1. The number of hydrogen-bond acceptors (Lipinski definition) is 8. The van der Waals surface area contributed by atoms with E-state index in [1.54, 1.807) is 6.20 Å². The van der Waals surface area contributed by atoms with Gasteiger partial charge in [0.2, 0.25) is 0 Å². The summed E-state index contributed by atoms with van der Waals surface area (Å²) in [6.07, 6.45) is 3.10. The molecule has 0 saturated carbocycles. The number of nitrogens with two attached hydrogens (primary N) is 1. The van der Waals surface area contributed by atoms with Gasteiger partial charge in [0.15, 0.2) is 17.6 Å². The molecule has 0 aromatic carbocycles. The number of aromatic nitrogens is 5. The van der Waals surface area contributed by atoms with Crippen LogP contribution in [0.4, 0.5) is 20.4 Å². The van der Waals surface area contributed by atoms with Crippen molar-refractivity contribution in [1.29, 1.82) is 0 Å². The molecule has 1 saturated heterocycles. The first-order chi connectivity index (χ1) is 16.8. The lowest BCUT2D eigenvalue weighted by Gasteiger charge is -2.36. The number of pyridine rings is 1. The molecule has 2 N–H and O–H groups in total. The number of halogens is 2. The maximum atomic E-state index is 13.3. The standard InChI is InChI=1S/C24H34F2N8O/c1-5-6-19(20(25)26)35-24-30-21(27)23-29-14-18(34(23)31-24)12-16-11-15(2)22(28-13-16)33-9-7-17(8-10-33)32(3)4/h11,13-14,17,19-20H,5-10,12H2,1-4H3,(H2,27,30,31)/t19-/m0/s1. The van der Waals surface area contributed by atoms with E-state index in [0.717, 1.165) is 48.6 Å². The van der Waals surface area contributed by atoms with Crippen molar-refractivity contribution >= 4 is 17.3 Å². The molecule has 0 spiro atoms. The van der Waals surface area contributed by atoms with Crippen molar-refractivity contribution < 1.29 is 13.5 Å². The number of anilines is 2. The highest BCUT2D eigenvalue weighted by atomic mass is 19.3. The lowest BCUT2D eigenvalue weighted by molar-refractivity contribution is 0.00115. The Morgan fingerprint density at radius 1 is 1.20 bits per heavy atom. The molecule has 1 aliphatic rings. The summed E-state index contributed by atoms with van der Waals surface area (Å²) in [7, 11) is 4.27. The summed E-state index contributed by atoms with van der Waals surface area (Å²) in [5.41, 5.74) is 9.23. The van der Waals surface area contributed by atoms with E-state index in [2.05, 4.69) is 52.0 Å². The Bertz CT molecular complexity index is 1140. The molecule has 4 rings (SSSR count). The molecule has 1 atom stereocenters. The fraction of sp³-hybridized carbons (Fsp3) is 0.583. The van der Waals surface area contributed by atoms with Gasteiger partial charge in [0.25, 0.3) is 6.43 Å². The zero-order valence-electron chi connectivity index (χ0n) is 20.8. The van der Waals surface area contributed by atoms with E-state index in [9.17, 15) is 8.78 Å².